The summed E-state index contributed by atoms with van der Waals surface area (Å²) in [6.07, 6.45) is 4.17. The Morgan fingerprint density at radius 2 is 2.39 bits per heavy atom. The van der Waals surface area contributed by atoms with Gasteiger partial charge in [0.2, 0.25) is 0 Å². The Kier molecular flexibility index (Phi) is 3.78. The lowest BCUT2D eigenvalue weighted by Crippen LogP contribution is -2.35. The van der Waals surface area contributed by atoms with Gasteiger partial charge in [-0.05, 0) is 26.6 Å². The van der Waals surface area contributed by atoms with Gasteiger partial charge in [-0.25, -0.2) is 0 Å². The molecule has 1 fully saturated rings. The predicted octanol–water partition coefficient (Wildman–Crippen LogP) is 0.143. The molecule has 6 heteroatoms. The zero-order valence-electron chi connectivity index (χ0n) is 10.8. The van der Waals surface area contributed by atoms with Crippen molar-refractivity contribution in [1.29, 1.82) is 0 Å². The monoisotopic (exact) mass is 249 g/mol. The summed E-state index contributed by atoms with van der Waals surface area (Å²) in [5.74, 6) is 5.39. The molecule has 2 rings (SSSR count). The number of amides is 1. The lowest BCUT2D eigenvalue weighted by Gasteiger charge is -2.21. The smallest absolute Gasteiger partial charge is 0.257 e. The van der Waals surface area contributed by atoms with Crippen LogP contribution in [0, 0.1) is 0 Å². The van der Waals surface area contributed by atoms with Crippen molar-refractivity contribution in [1.82, 2.24) is 14.8 Å². The van der Waals surface area contributed by atoms with Crippen molar-refractivity contribution in [2.45, 2.75) is 12.5 Å². The largest absolute Gasteiger partial charge is 0.337 e. The number of carbonyl (C=O) groups excluding carboxylic acids is 1. The first-order chi connectivity index (χ1) is 8.63. The highest BCUT2D eigenvalue weighted by atomic mass is 16.2. The molecular formula is C12H19N5O. The molecule has 1 atom stereocenters. The molecule has 0 radical (unpaired) electrons. The van der Waals surface area contributed by atoms with Crippen molar-refractivity contribution >= 4 is 11.6 Å². The summed E-state index contributed by atoms with van der Waals surface area (Å²) in [6.45, 7) is 1.53. The van der Waals surface area contributed by atoms with Crippen LogP contribution in [0.1, 0.15) is 16.8 Å². The molecule has 1 aromatic heterocycles. The van der Waals surface area contributed by atoms with Gasteiger partial charge in [-0.1, -0.05) is 0 Å². The van der Waals surface area contributed by atoms with Crippen LogP contribution in [-0.2, 0) is 0 Å². The van der Waals surface area contributed by atoms with Crippen molar-refractivity contribution in [2.24, 2.45) is 5.84 Å². The molecule has 0 saturated carbocycles. The molecule has 2 heterocycles. The molecule has 18 heavy (non-hydrogen) atoms. The molecule has 1 aliphatic heterocycles. The van der Waals surface area contributed by atoms with Crippen LogP contribution in [0.15, 0.2) is 18.5 Å². The molecule has 0 aliphatic carbocycles. The van der Waals surface area contributed by atoms with E-state index in [-0.39, 0.29) is 5.91 Å². The van der Waals surface area contributed by atoms with Gasteiger partial charge in [0.1, 0.15) is 0 Å². The summed E-state index contributed by atoms with van der Waals surface area (Å²) in [5.41, 5.74) is 3.68. The summed E-state index contributed by atoms with van der Waals surface area (Å²) in [4.78, 5) is 20.4. The standard InChI is InChI=1S/C12H19N5O/c1-16(2)9-4-6-17(8-9)12(18)10-7-14-5-3-11(10)15-13/h3,5,7,9H,4,6,8,13H2,1-2H3,(H,14,15). The van der Waals surface area contributed by atoms with Gasteiger partial charge in [-0.3, -0.25) is 15.6 Å². The second-order valence-corrected chi connectivity index (χ2v) is 4.72. The molecule has 1 amide bonds. The molecule has 1 aliphatic rings. The third kappa shape index (κ3) is 2.44. The number of nitrogens with zero attached hydrogens (tertiary/aromatic N) is 3. The second-order valence-electron chi connectivity index (χ2n) is 4.72. The summed E-state index contributed by atoms with van der Waals surface area (Å²) in [5, 5.41) is 0. The third-order valence-electron chi connectivity index (χ3n) is 3.39. The number of aromatic nitrogens is 1. The predicted molar refractivity (Wildman–Crippen MR) is 70.0 cm³/mol. The number of likely N-dealkylation sites (N-methyl/N-ethyl adjacent to an activating group) is 1. The summed E-state index contributed by atoms with van der Waals surface area (Å²) in [7, 11) is 4.07. The maximum atomic E-state index is 12.4. The lowest BCUT2D eigenvalue weighted by atomic mass is 10.2. The Hall–Kier alpha value is -1.66. The highest BCUT2D eigenvalue weighted by molar-refractivity contribution is 5.99. The molecule has 6 nitrogen and oxygen atoms in total. The average Bonchev–Trinajstić information content (AvgIpc) is 2.87. The van der Waals surface area contributed by atoms with E-state index in [0.29, 0.717) is 17.3 Å². The number of nitrogens with one attached hydrogen (secondary N) is 1. The topological polar surface area (TPSA) is 74.5 Å². The normalized spacial score (nSPS) is 19.3. The molecule has 1 aromatic rings. The lowest BCUT2D eigenvalue weighted by molar-refractivity contribution is 0.0783. The van der Waals surface area contributed by atoms with E-state index in [2.05, 4.69) is 15.3 Å². The second kappa shape index (κ2) is 5.32. The third-order valence-corrected chi connectivity index (χ3v) is 3.39. The zero-order valence-corrected chi connectivity index (χ0v) is 10.8. The molecule has 0 spiro atoms. The number of carbonyl (C=O) groups is 1. The van der Waals surface area contributed by atoms with Crippen LogP contribution in [0.25, 0.3) is 0 Å². The molecule has 3 N–H and O–H groups in total. The van der Waals surface area contributed by atoms with Crippen LogP contribution in [-0.4, -0.2) is 53.9 Å². The molecule has 0 bridgehead atoms. The van der Waals surface area contributed by atoms with Crippen LogP contribution in [0.2, 0.25) is 0 Å². The van der Waals surface area contributed by atoms with Gasteiger partial charge in [0.05, 0.1) is 11.3 Å². The number of anilines is 1. The van der Waals surface area contributed by atoms with Crippen LogP contribution in [0.5, 0.6) is 0 Å². The number of pyridine rings is 1. The minimum atomic E-state index is -0.0135. The SMILES string of the molecule is CN(C)C1CCN(C(=O)c2cnccc2NN)C1. The molecule has 1 saturated heterocycles. The van der Waals surface area contributed by atoms with E-state index < -0.39 is 0 Å². The first-order valence-corrected chi connectivity index (χ1v) is 6.00. The van der Waals surface area contributed by atoms with Crippen LogP contribution < -0.4 is 11.3 Å². The van der Waals surface area contributed by atoms with Crippen LogP contribution in [0.3, 0.4) is 0 Å². The number of nitrogen functional groups attached to an aromatic ring is 1. The number of hydrazine groups is 1. The zero-order chi connectivity index (χ0) is 13.1. The van der Waals surface area contributed by atoms with Crippen molar-refractivity contribution < 1.29 is 4.79 Å². The number of likely N-dealkylation sites (tertiary alicyclic amines) is 1. The van der Waals surface area contributed by atoms with Crippen molar-refractivity contribution in [3.63, 3.8) is 0 Å². The van der Waals surface area contributed by atoms with Gasteiger partial charge in [0, 0.05) is 31.5 Å². The molecule has 1 unspecified atom stereocenters. The van der Waals surface area contributed by atoms with Gasteiger partial charge >= 0.3 is 0 Å². The Bertz CT molecular complexity index is 434. The summed E-state index contributed by atoms with van der Waals surface area (Å²) in [6, 6.07) is 2.13. The maximum absolute atomic E-state index is 12.4. The van der Waals surface area contributed by atoms with Gasteiger partial charge < -0.3 is 15.2 Å². The maximum Gasteiger partial charge on any atom is 0.257 e. The first-order valence-electron chi connectivity index (χ1n) is 6.00. The fourth-order valence-corrected chi connectivity index (χ4v) is 2.21. The van der Waals surface area contributed by atoms with Gasteiger partial charge in [-0.2, -0.15) is 0 Å². The molecule has 98 valence electrons. The highest BCUT2D eigenvalue weighted by Gasteiger charge is 2.29. The van der Waals surface area contributed by atoms with E-state index in [1.54, 1.807) is 18.5 Å². The fraction of sp³-hybridized carbons (Fsp3) is 0.500. The molecular weight excluding hydrogens is 230 g/mol. The Morgan fingerprint density at radius 1 is 1.61 bits per heavy atom. The Balaban J connectivity index is 2.13. The van der Waals surface area contributed by atoms with E-state index in [9.17, 15) is 4.79 Å². The average molecular weight is 249 g/mol. The minimum absolute atomic E-state index is 0.0135. The van der Waals surface area contributed by atoms with E-state index in [1.807, 2.05) is 19.0 Å². The van der Waals surface area contributed by atoms with Crippen molar-refractivity contribution in [3.8, 4) is 0 Å². The van der Waals surface area contributed by atoms with E-state index >= 15 is 0 Å². The summed E-state index contributed by atoms with van der Waals surface area (Å²) < 4.78 is 0. The van der Waals surface area contributed by atoms with Crippen molar-refractivity contribution in [3.05, 3.63) is 24.0 Å². The van der Waals surface area contributed by atoms with E-state index in [0.717, 1.165) is 19.5 Å². The van der Waals surface area contributed by atoms with Crippen LogP contribution in [0.4, 0.5) is 5.69 Å². The summed E-state index contributed by atoms with van der Waals surface area (Å²) >= 11 is 0. The number of nitrogens with two attached hydrogens (primary N) is 1. The van der Waals surface area contributed by atoms with Crippen LogP contribution >= 0.6 is 0 Å². The fourth-order valence-electron chi connectivity index (χ4n) is 2.21. The highest BCUT2D eigenvalue weighted by Crippen LogP contribution is 2.19. The minimum Gasteiger partial charge on any atom is -0.337 e. The Morgan fingerprint density at radius 3 is 3.00 bits per heavy atom. The van der Waals surface area contributed by atoms with Crippen molar-refractivity contribution in [2.75, 3.05) is 32.6 Å². The Labute approximate surface area is 107 Å². The molecule has 0 aromatic carbocycles. The van der Waals surface area contributed by atoms with Gasteiger partial charge in [-0.15, -0.1) is 0 Å². The number of hydrogen-bond donors (Lipinski definition) is 2. The first kappa shape index (κ1) is 12.8. The van der Waals surface area contributed by atoms with Gasteiger partial charge in [0.25, 0.3) is 5.91 Å². The number of rotatable bonds is 3. The van der Waals surface area contributed by atoms with Gasteiger partial charge in [0.15, 0.2) is 0 Å². The van der Waals surface area contributed by atoms with E-state index in [1.165, 1.54) is 0 Å². The number of hydrogen-bond acceptors (Lipinski definition) is 5. The van der Waals surface area contributed by atoms with E-state index in [4.69, 9.17) is 5.84 Å². The quantitative estimate of drug-likeness (QED) is 0.589.